The van der Waals surface area contributed by atoms with E-state index in [1.54, 1.807) is 7.11 Å². The number of nitrogens with one attached hydrogen (secondary N) is 2. The van der Waals surface area contributed by atoms with Crippen LogP contribution in [0.25, 0.3) is 10.9 Å². The molecule has 18 heavy (non-hydrogen) atoms. The van der Waals surface area contributed by atoms with Gasteiger partial charge in [0, 0.05) is 17.6 Å². The van der Waals surface area contributed by atoms with Gasteiger partial charge in [0.15, 0.2) is 0 Å². The van der Waals surface area contributed by atoms with Gasteiger partial charge in [-0.15, -0.1) is 0 Å². The van der Waals surface area contributed by atoms with Crippen molar-refractivity contribution in [2.45, 2.75) is 32.2 Å². The Morgan fingerprint density at radius 1 is 1.39 bits per heavy atom. The van der Waals surface area contributed by atoms with E-state index in [0.29, 0.717) is 0 Å². The summed E-state index contributed by atoms with van der Waals surface area (Å²) in [5, 5.41) is 4.85. The van der Waals surface area contributed by atoms with Crippen molar-refractivity contribution in [3.63, 3.8) is 0 Å². The van der Waals surface area contributed by atoms with Gasteiger partial charge in [-0.25, -0.2) is 0 Å². The van der Waals surface area contributed by atoms with Crippen molar-refractivity contribution in [1.82, 2.24) is 10.3 Å². The fraction of sp³-hybridized carbons (Fsp3) is 0.467. The second-order valence-corrected chi connectivity index (χ2v) is 5.18. The largest absolute Gasteiger partial charge is 0.495 e. The van der Waals surface area contributed by atoms with Crippen LogP contribution in [0.1, 0.15) is 24.0 Å². The lowest BCUT2D eigenvalue weighted by Crippen LogP contribution is -2.19. The molecule has 0 atom stereocenters. The highest BCUT2D eigenvalue weighted by molar-refractivity contribution is 5.89. The van der Waals surface area contributed by atoms with Gasteiger partial charge in [-0.1, -0.05) is 0 Å². The van der Waals surface area contributed by atoms with E-state index in [2.05, 4.69) is 35.6 Å². The quantitative estimate of drug-likeness (QED) is 0.848. The van der Waals surface area contributed by atoms with E-state index >= 15 is 0 Å². The van der Waals surface area contributed by atoms with Gasteiger partial charge in [-0.05, 0) is 56.0 Å². The lowest BCUT2D eigenvalue weighted by Gasteiger charge is -2.05. The number of aromatic amines is 1. The summed E-state index contributed by atoms with van der Waals surface area (Å²) in [7, 11) is 1.73. The van der Waals surface area contributed by atoms with Crippen LogP contribution in [0.4, 0.5) is 0 Å². The van der Waals surface area contributed by atoms with Crippen LogP contribution in [0, 0.1) is 6.92 Å². The molecular formula is C15H20N2O. The van der Waals surface area contributed by atoms with E-state index in [4.69, 9.17) is 4.74 Å². The van der Waals surface area contributed by atoms with E-state index < -0.39 is 0 Å². The van der Waals surface area contributed by atoms with Crippen molar-refractivity contribution in [3.8, 4) is 5.75 Å². The van der Waals surface area contributed by atoms with Gasteiger partial charge in [-0.3, -0.25) is 0 Å². The Kier molecular flexibility index (Phi) is 3.00. The number of ether oxygens (including phenoxy) is 1. The molecule has 0 spiro atoms. The van der Waals surface area contributed by atoms with Crippen molar-refractivity contribution < 1.29 is 4.74 Å². The molecule has 1 saturated carbocycles. The summed E-state index contributed by atoms with van der Waals surface area (Å²) < 4.78 is 5.43. The molecule has 0 unspecified atom stereocenters. The Hall–Kier alpha value is -1.48. The highest BCUT2D eigenvalue weighted by Gasteiger charge is 2.19. The Bertz CT molecular complexity index is 555. The topological polar surface area (TPSA) is 37.0 Å². The monoisotopic (exact) mass is 244 g/mol. The molecule has 96 valence electrons. The number of methoxy groups -OCH3 is 1. The van der Waals surface area contributed by atoms with E-state index in [9.17, 15) is 0 Å². The standard InChI is InChI=1S/C15H20N2O/c1-10-7-13-11(5-6-16-12-3-4-12)9-17-15(13)14(8-10)18-2/h7-9,12,16-17H,3-6H2,1-2H3. The zero-order valence-electron chi connectivity index (χ0n) is 11.0. The van der Waals surface area contributed by atoms with Crippen LogP contribution in [0.15, 0.2) is 18.3 Å². The van der Waals surface area contributed by atoms with E-state index in [-0.39, 0.29) is 0 Å². The van der Waals surface area contributed by atoms with Crippen molar-refractivity contribution in [2.24, 2.45) is 0 Å². The van der Waals surface area contributed by atoms with Crippen molar-refractivity contribution in [3.05, 3.63) is 29.5 Å². The van der Waals surface area contributed by atoms with Crippen LogP contribution in [0.5, 0.6) is 5.75 Å². The highest BCUT2D eigenvalue weighted by atomic mass is 16.5. The minimum atomic E-state index is 0.784. The number of fused-ring (bicyclic) bond motifs is 1. The van der Waals surface area contributed by atoms with E-state index in [1.165, 1.54) is 29.4 Å². The number of hydrogen-bond acceptors (Lipinski definition) is 2. The highest BCUT2D eigenvalue weighted by Crippen LogP contribution is 2.29. The summed E-state index contributed by atoms with van der Waals surface area (Å²) >= 11 is 0. The van der Waals surface area contributed by atoms with Crippen LogP contribution in [0.3, 0.4) is 0 Å². The molecule has 1 aromatic carbocycles. The smallest absolute Gasteiger partial charge is 0.143 e. The average molecular weight is 244 g/mol. The third-order valence-electron chi connectivity index (χ3n) is 3.61. The molecule has 2 aromatic rings. The fourth-order valence-electron chi connectivity index (χ4n) is 2.46. The Balaban J connectivity index is 1.84. The number of rotatable bonds is 5. The molecule has 3 rings (SSSR count). The number of aromatic nitrogens is 1. The molecule has 1 aromatic heterocycles. The first kappa shape index (κ1) is 11.6. The third kappa shape index (κ3) is 2.23. The average Bonchev–Trinajstić information content (AvgIpc) is 3.10. The molecule has 1 heterocycles. The number of benzene rings is 1. The zero-order valence-corrected chi connectivity index (χ0v) is 11.0. The zero-order chi connectivity index (χ0) is 12.5. The van der Waals surface area contributed by atoms with Crippen LogP contribution < -0.4 is 10.1 Å². The molecule has 1 aliphatic carbocycles. The Morgan fingerprint density at radius 2 is 2.22 bits per heavy atom. The van der Waals surface area contributed by atoms with Gasteiger partial charge in [-0.2, -0.15) is 0 Å². The summed E-state index contributed by atoms with van der Waals surface area (Å²) in [6.45, 7) is 3.18. The molecule has 0 saturated heterocycles. The maximum absolute atomic E-state index is 5.43. The summed E-state index contributed by atoms with van der Waals surface area (Å²) in [5.74, 6) is 0.936. The first-order valence-electron chi connectivity index (χ1n) is 6.66. The van der Waals surface area contributed by atoms with Gasteiger partial charge in [0.05, 0.1) is 12.6 Å². The first-order valence-corrected chi connectivity index (χ1v) is 6.66. The van der Waals surface area contributed by atoms with Gasteiger partial charge in [0.1, 0.15) is 5.75 Å². The van der Waals surface area contributed by atoms with Gasteiger partial charge in [0.2, 0.25) is 0 Å². The van der Waals surface area contributed by atoms with E-state index in [1.807, 2.05) is 0 Å². The Morgan fingerprint density at radius 3 is 2.94 bits per heavy atom. The van der Waals surface area contributed by atoms with Crippen LogP contribution in [-0.4, -0.2) is 24.7 Å². The maximum Gasteiger partial charge on any atom is 0.143 e. The summed E-state index contributed by atoms with van der Waals surface area (Å²) in [6, 6.07) is 5.10. The molecule has 3 heteroatoms. The minimum absolute atomic E-state index is 0.784. The second-order valence-electron chi connectivity index (χ2n) is 5.18. The molecule has 1 aliphatic rings. The predicted octanol–water partition coefficient (Wildman–Crippen LogP) is 2.78. The predicted molar refractivity (Wildman–Crippen MR) is 74.3 cm³/mol. The van der Waals surface area contributed by atoms with E-state index in [0.717, 1.165) is 30.3 Å². The van der Waals surface area contributed by atoms with Crippen molar-refractivity contribution >= 4 is 10.9 Å². The lowest BCUT2D eigenvalue weighted by molar-refractivity contribution is 0.418. The fourth-order valence-corrected chi connectivity index (χ4v) is 2.46. The molecule has 3 nitrogen and oxygen atoms in total. The third-order valence-corrected chi connectivity index (χ3v) is 3.61. The van der Waals surface area contributed by atoms with Crippen molar-refractivity contribution in [1.29, 1.82) is 0 Å². The lowest BCUT2D eigenvalue weighted by atomic mass is 10.1. The molecular weight excluding hydrogens is 224 g/mol. The normalized spacial score (nSPS) is 15.2. The van der Waals surface area contributed by atoms with Crippen LogP contribution in [0.2, 0.25) is 0 Å². The molecule has 0 bridgehead atoms. The molecule has 0 amide bonds. The summed E-state index contributed by atoms with van der Waals surface area (Å²) in [4.78, 5) is 3.34. The maximum atomic E-state index is 5.43. The second kappa shape index (κ2) is 4.65. The molecule has 0 radical (unpaired) electrons. The SMILES string of the molecule is COc1cc(C)cc2c(CCNC3CC3)c[nH]c12. The van der Waals surface area contributed by atoms with Crippen LogP contribution in [-0.2, 0) is 6.42 Å². The molecule has 1 fully saturated rings. The number of H-pyrrole nitrogens is 1. The summed E-state index contributed by atoms with van der Waals surface area (Å²) in [5.41, 5.74) is 3.74. The Labute approximate surface area is 108 Å². The number of aryl methyl sites for hydroxylation is 1. The molecule has 2 N–H and O–H groups in total. The molecule has 0 aliphatic heterocycles. The van der Waals surface area contributed by atoms with Gasteiger partial charge in [0.25, 0.3) is 0 Å². The van der Waals surface area contributed by atoms with Crippen LogP contribution >= 0.6 is 0 Å². The first-order chi connectivity index (χ1) is 8.78. The number of hydrogen-bond donors (Lipinski definition) is 2. The summed E-state index contributed by atoms with van der Waals surface area (Å²) in [6.07, 6.45) is 5.88. The van der Waals surface area contributed by atoms with Crippen molar-refractivity contribution in [2.75, 3.05) is 13.7 Å². The minimum Gasteiger partial charge on any atom is -0.495 e. The van der Waals surface area contributed by atoms with Gasteiger partial charge < -0.3 is 15.0 Å². The van der Waals surface area contributed by atoms with Gasteiger partial charge >= 0.3 is 0 Å².